The average molecular weight is 296 g/mol. The summed E-state index contributed by atoms with van der Waals surface area (Å²) in [5, 5.41) is 19.4. The molecule has 0 radical (unpaired) electrons. The predicted octanol–water partition coefficient (Wildman–Crippen LogP) is 2.11. The van der Waals surface area contributed by atoms with Crippen LogP contribution >= 0.6 is 0 Å². The van der Waals surface area contributed by atoms with Crippen molar-refractivity contribution in [2.45, 2.75) is 31.7 Å². The molecule has 2 rings (SSSR count). The van der Waals surface area contributed by atoms with E-state index in [1.165, 1.54) is 0 Å². The summed E-state index contributed by atoms with van der Waals surface area (Å²) in [5.41, 5.74) is -0.515. The number of nitro benzene ring substituents is 1. The third kappa shape index (κ3) is 3.36. The van der Waals surface area contributed by atoms with Crippen LogP contribution in [-0.4, -0.2) is 40.0 Å². The molecule has 1 heterocycles. The smallest absolute Gasteiger partial charge is 0.272 e. The fourth-order valence-electron chi connectivity index (χ4n) is 2.68. The minimum absolute atomic E-state index is 0.000702. The van der Waals surface area contributed by atoms with Crippen LogP contribution in [0.15, 0.2) is 18.2 Å². The molecular formula is C14H17FN2O4. The number of carbonyl (C=O) groups excluding carboxylic acids is 1. The van der Waals surface area contributed by atoms with Crippen LogP contribution in [0.3, 0.4) is 0 Å². The van der Waals surface area contributed by atoms with Gasteiger partial charge in [-0.3, -0.25) is 14.9 Å². The number of benzene rings is 1. The van der Waals surface area contributed by atoms with Gasteiger partial charge in [-0.15, -0.1) is 0 Å². The molecule has 1 amide bonds. The summed E-state index contributed by atoms with van der Waals surface area (Å²) in [6, 6.07) is 3.07. The molecule has 1 unspecified atom stereocenters. The van der Waals surface area contributed by atoms with Crippen molar-refractivity contribution in [2.24, 2.45) is 0 Å². The van der Waals surface area contributed by atoms with Crippen molar-refractivity contribution >= 4 is 11.6 Å². The summed E-state index contributed by atoms with van der Waals surface area (Å²) >= 11 is 0. The zero-order valence-electron chi connectivity index (χ0n) is 11.5. The number of carbonyl (C=O) groups is 1. The van der Waals surface area contributed by atoms with Gasteiger partial charge in [0.2, 0.25) is 0 Å². The normalized spacial score (nSPS) is 18.0. The maximum Gasteiger partial charge on any atom is 0.272 e. The Morgan fingerprint density at radius 1 is 1.52 bits per heavy atom. The number of halogens is 1. The Hall–Kier alpha value is -2.02. The molecule has 1 N–H and O–H groups in total. The lowest BCUT2D eigenvalue weighted by Gasteiger charge is -2.24. The van der Waals surface area contributed by atoms with E-state index in [1.54, 1.807) is 4.90 Å². The standard InChI is InChI=1S/C14H17FN2O4/c15-13-9-11(17(20)21)5-6-12(13)14(19)16-7-1-3-10(16)4-2-8-18/h5-6,9-10,18H,1-4,7-8H2. The van der Waals surface area contributed by atoms with Gasteiger partial charge in [0.25, 0.3) is 11.6 Å². The third-order valence-electron chi connectivity index (χ3n) is 3.73. The summed E-state index contributed by atoms with van der Waals surface area (Å²) < 4.78 is 13.9. The van der Waals surface area contributed by atoms with Gasteiger partial charge in [-0.25, -0.2) is 4.39 Å². The van der Waals surface area contributed by atoms with Crippen molar-refractivity contribution in [3.63, 3.8) is 0 Å². The molecule has 0 aliphatic carbocycles. The van der Waals surface area contributed by atoms with Crippen LogP contribution in [0.1, 0.15) is 36.0 Å². The lowest BCUT2D eigenvalue weighted by Crippen LogP contribution is -2.36. The minimum atomic E-state index is -0.873. The molecule has 0 saturated carbocycles. The number of amides is 1. The molecular weight excluding hydrogens is 279 g/mol. The van der Waals surface area contributed by atoms with E-state index in [0.717, 1.165) is 31.0 Å². The summed E-state index contributed by atoms with van der Waals surface area (Å²) in [6.45, 7) is 0.607. The number of aliphatic hydroxyl groups excluding tert-OH is 1. The second-order valence-corrected chi connectivity index (χ2v) is 5.08. The van der Waals surface area contributed by atoms with E-state index in [1.807, 2.05) is 0 Å². The molecule has 1 atom stereocenters. The molecule has 1 aromatic rings. The number of nitrogens with zero attached hydrogens (tertiary/aromatic N) is 2. The van der Waals surface area contributed by atoms with Crippen molar-refractivity contribution in [3.8, 4) is 0 Å². The highest BCUT2D eigenvalue weighted by molar-refractivity contribution is 5.95. The van der Waals surface area contributed by atoms with Gasteiger partial charge < -0.3 is 10.0 Å². The molecule has 0 aromatic heterocycles. The van der Waals surface area contributed by atoms with Gasteiger partial charge in [0.15, 0.2) is 0 Å². The first-order valence-corrected chi connectivity index (χ1v) is 6.90. The molecule has 1 aromatic carbocycles. The van der Waals surface area contributed by atoms with Crippen LogP contribution in [-0.2, 0) is 0 Å². The van der Waals surface area contributed by atoms with Crippen LogP contribution in [0.4, 0.5) is 10.1 Å². The molecule has 0 spiro atoms. The molecule has 6 nitrogen and oxygen atoms in total. The fraction of sp³-hybridized carbons (Fsp3) is 0.500. The number of nitro groups is 1. The Bertz CT molecular complexity index is 550. The van der Waals surface area contributed by atoms with E-state index in [2.05, 4.69) is 0 Å². The molecule has 1 saturated heterocycles. The Kier molecular flexibility index (Phi) is 4.85. The number of hydrogen-bond acceptors (Lipinski definition) is 4. The van der Waals surface area contributed by atoms with Gasteiger partial charge in [-0.2, -0.15) is 0 Å². The number of hydrogen-bond donors (Lipinski definition) is 1. The highest BCUT2D eigenvalue weighted by Crippen LogP contribution is 2.25. The lowest BCUT2D eigenvalue weighted by atomic mass is 10.1. The Morgan fingerprint density at radius 2 is 2.29 bits per heavy atom. The monoisotopic (exact) mass is 296 g/mol. The summed E-state index contributed by atoms with van der Waals surface area (Å²) in [7, 11) is 0. The molecule has 1 aliphatic rings. The first-order valence-electron chi connectivity index (χ1n) is 6.90. The second-order valence-electron chi connectivity index (χ2n) is 5.08. The van der Waals surface area contributed by atoms with E-state index in [9.17, 15) is 19.3 Å². The lowest BCUT2D eigenvalue weighted by molar-refractivity contribution is -0.385. The van der Waals surface area contributed by atoms with E-state index in [4.69, 9.17) is 5.11 Å². The van der Waals surface area contributed by atoms with Crippen LogP contribution in [0.2, 0.25) is 0 Å². The molecule has 1 fully saturated rings. The van der Waals surface area contributed by atoms with Crippen molar-refractivity contribution in [2.75, 3.05) is 13.2 Å². The number of aliphatic hydroxyl groups is 1. The van der Waals surface area contributed by atoms with Gasteiger partial charge in [0.1, 0.15) is 5.82 Å². The number of rotatable bonds is 5. The molecule has 1 aliphatic heterocycles. The average Bonchev–Trinajstić information content (AvgIpc) is 2.92. The topological polar surface area (TPSA) is 83.7 Å². The summed E-state index contributed by atoms with van der Waals surface area (Å²) in [5.74, 6) is -1.31. The van der Waals surface area contributed by atoms with Crippen LogP contribution in [0.5, 0.6) is 0 Å². The molecule has 7 heteroatoms. The van der Waals surface area contributed by atoms with Gasteiger partial charge in [-0.05, 0) is 31.7 Å². The predicted molar refractivity (Wildman–Crippen MR) is 73.4 cm³/mol. The van der Waals surface area contributed by atoms with Crippen LogP contribution < -0.4 is 0 Å². The van der Waals surface area contributed by atoms with E-state index < -0.39 is 16.6 Å². The van der Waals surface area contributed by atoms with Crippen molar-refractivity contribution in [3.05, 3.63) is 39.7 Å². The second kappa shape index (κ2) is 6.62. The summed E-state index contributed by atoms with van der Waals surface area (Å²) in [6.07, 6.45) is 2.95. The van der Waals surface area contributed by atoms with Gasteiger partial charge in [0.05, 0.1) is 16.6 Å². The third-order valence-corrected chi connectivity index (χ3v) is 3.73. The summed E-state index contributed by atoms with van der Waals surface area (Å²) in [4.78, 5) is 23.9. The van der Waals surface area contributed by atoms with Gasteiger partial charge in [0, 0.05) is 25.3 Å². The zero-order valence-corrected chi connectivity index (χ0v) is 11.5. The van der Waals surface area contributed by atoms with Crippen molar-refractivity contribution in [1.82, 2.24) is 4.90 Å². The fourth-order valence-corrected chi connectivity index (χ4v) is 2.68. The van der Waals surface area contributed by atoms with Crippen molar-refractivity contribution in [1.29, 1.82) is 0 Å². The van der Waals surface area contributed by atoms with Crippen LogP contribution in [0, 0.1) is 15.9 Å². The first-order chi connectivity index (χ1) is 10.0. The molecule has 114 valence electrons. The maximum atomic E-state index is 13.9. The zero-order chi connectivity index (χ0) is 15.4. The largest absolute Gasteiger partial charge is 0.396 e. The number of non-ortho nitro benzene ring substituents is 1. The first kappa shape index (κ1) is 15.4. The van der Waals surface area contributed by atoms with Crippen LogP contribution in [0.25, 0.3) is 0 Å². The SMILES string of the molecule is O=C(c1ccc([N+](=O)[O-])cc1F)N1CCCC1CCCO. The maximum absolute atomic E-state index is 13.9. The van der Waals surface area contributed by atoms with E-state index >= 15 is 0 Å². The van der Waals surface area contributed by atoms with Gasteiger partial charge in [-0.1, -0.05) is 0 Å². The highest BCUT2D eigenvalue weighted by atomic mass is 19.1. The van der Waals surface area contributed by atoms with Crippen molar-refractivity contribution < 1.29 is 19.2 Å². The van der Waals surface area contributed by atoms with E-state index in [0.29, 0.717) is 19.4 Å². The van der Waals surface area contributed by atoms with E-state index in [-0.39, 0.29) is 23.9 Å². The Balaban J connectivity index is 2.17. The Morgan fingerprint density at radius 3 is 2.90 bits per heavy atom. The minimum Gasteiger partial charge on any atom is -0.396 e. The molecule has 0 bridgehead atoms. The Labute approximate surface area is 121 Å². The van der Waals surface area contributed by atoms with Gasteiger partial charge >= 0.3 is 0 Å². The highest BCUT2D eigenvalue weighted by Gasteiger charge is 2.30. The molecule has 21 heavy (non-hydrogen) atoms. The quantitative estimate of drug-likeness (QED) is 0.666. The number of likely N-dealkylation sites (tertiary alicyclic amines) is 1.